The molecule has 2 aromatic carbocycles. The molecule has 0 radical (unpaired) electrons. The smallest absolute Gasteiger partial charge is 0.139 e. The molecular formula is C15H13BrCl2OS. The minimum Gasteiger partial charge on any atom is -0.491 e. The highest BCUT2D eigenvalue weighted by atomic mass is 79.9. The van der Waals surface area contributed by atoms with E-state index in [9.17, 15) is 0 Å². The van der Waals surface area contributed by atoms with Crippen LogP contribution in [0.2, 0.25) is 10.0 Å². The van der Waals surface area contributed by atoms with E-state index in [0.29, 0.717) is 28.2 Å². The summed E-state index contributed by atoms with van der Waals surface area (Å²) >= 11 is 19.9. The van der Waals surface area contributed by atoms with E-state index in [1.807, 2.05) is 18.2 Å². The van der Waals surface area contributed by atoms with Crippen LogP contribution < -0.4 is 4.74 Å². The normalized spacial score (nSPS) is 12.2. The summed E-state index contributed by atoms with van der Waals surface area (Å²) in [7, 11) is 0. The molecule has 0 bridgehead atoms. The number of hydrogen-bond acceptors (Lipinski definition) is 2. The van der Waals surface area contributed by atoms with Crippen LogP contribution in [-0.2, 0) is 0 Å². The van der Waals surface area contributed by atoms with Gasteiger partial charge in [0.15, 0.2) is 0 Å². The van der Waals surface area contributed by atoms with E-state index in [-0.39, 0.29) is 5.92 Å². The van der Waals surface area contributed by atoms with Crippen LogP contribution in [0.5, 0.6) is 5.75 Å². The topological polar surface area (TPSA) is 9.23 Å². The fraction of sp³-hybridized carbons (Fsp3) is 0.200. The van der Waals surface area contributed by atoms with E-state index in [2.05, 4.69) is 40.7 Å². The van der Waals surface area contributed by atoms with Crippen LogP contribution in [0.25, 0.3) is 0 Å². The second kappa shape index (κ2) is 7.60. The Hall–Kier alpha value is -0.350. The number of ether oxygens (including phenoxy) is 1. The summed E-state index contributed by atoms with van der Waals surface area (Å²) in [6.45, 7) is 0.505. The van der Waals surface area contributed by atoms with Gasteiger partial charge in [0, 0.05) is 22.2 Å². The molecule has 2 aromatic rings. The van der Waals surface area contributed by atoms with E-state index in [0.717, 1.165) is 4.47 Å². The first kappa shape index (κ1) is 16.0. The van der Waals surface area contributed by atoms with Gasteiger partial charge in [-0.1, -0.05) is 53.5 Å². The van der Waals surface area contributed by atoms with Crippen LogP contribution in [0.15, 0.2) is 46.9 Å². The van der Waals surface area contributed by atoms with E-state index in [4.69, 9.17) is 27.9 Å². The molecule has 106 valence electrons. The average Bonchev–Trinajstić information content (AvgIpc) is 2.46. The lowest BCUT2D eigenvalue weighted by atomic mass is 10.0. The number of halogens is 3. The summed E-state index contributed by atoms with van der Waals surface area (Å²) in [4.78, 5) is 0. The molecule has 0 saturated carbocycles. The minimum atomic E-state index is 0.207. The molecule has 1 atom stereocenters. The standard InChI is InChI=1S/C15H13BrCl2OS/c16-12-6-14(18)15(7-13(12)17)19-8-11(9-20)10-4-2-1-3-5-10/h1-7,11,20H,8-9H2. The van der Waals surface area contributed by atoms with Crippen LogP contribution in [0, 0.1) is 0 Å². The summed E-state index contributed by atoms with van der Waals surface area (Å²) in [6, 6.07) is 13.6. The Labute approximate surface area is 142 Å². The third-order valence-electron chi connectivity index (χ3n) is 2.91. The highest BCUT2D eigenvalue weighted by Crippen LogP contribution is 2.34. The highest BCUT2D eigenvalue weighted by molar-refractivity contribution is 9.10. The van der Waals surface area contributed by atoms with Crippen LogP contribution in [0.1, 0.15) is 11.5 Å². The van der Waals surface area contributed by atoms with E-state index in [1.54, 1.807) is 12.1 Å². The molecule has 0 heterocycles. The first-order valence-electron chi connectivity index (χ1n) is 6.05. The van der Waals surface area contributed by atoms with Crippen molar-refractivity contribution in [2.75, 3.05) is 12.4 Å². The zero-order valence-electron chi connectivity index (χ0n) is 10.5. The second-order valence-electron chi connectivity index (χ2n) is 4.30. The monoisotopic (exact) mass is 390 g/mol. The van der Waals surface area contributed by atoms with Crippen molar-refractivity contribution in [2.24, 2.45) is 0 Å². The Morgan fingerprint density at radius 1 is 1.10 bits per heavy atom. The zero-order valence-corrected chi connectivity index (χ0v) is 14.5. The zero-order chi connectivity index (χ0) is 14.5. The Balaban J connectivity index is 2.09. The van der Waals surface area contributed by atoms with Crippen molar-refractivity contribution in [3.05, 3.63) is 62.5 Å². The predicted molar refractivity (Wildman–Crippen MR) is 92.7 cm³/mol. The lowest BCUT2D eigenvalue weighted by Gasteiger charge is -2.17. The molecule has 5 heteroatoms. The number of hydrogen-bond donors (Lipinski definition) is 1. The van der Waals surface area contributed by atoms with Crippen molar-refractivity contribution in [3.63, 3.8) is 0 Å². The van der Waals surface area contributed by atoms with Gasteiger partial charge < -0.3 is 4.74 Å². The quantitative estimate of drug-likeness (QED) is 0.496. The molecule has 0 spiro atoms. The molecule has 0 N–H and O–H groups in total. The predicted octanol–water partition coefficient (Wildman–Crippen LogP) is 5.85. The molecule has 2 rings (SSSR count). The largest absolute Gasteiger partial charge is 0.491 e. The second-order valence-corrected chi connectivity index (χ2v) is 6.33. The van der Waals surface area contributed by atoms with Crippen molar-refractivity contribution < 1.29 is 4.74 Å². The highest BCUT2D eigenvalue weighted by Gasteiger charge is 2.13. The van der Waals surface area contributed by atoms with Crippen LogP contribution in [-0.4, -0.2) is 12.4 Å². The number of benzene rings is 2. The fourth-order valence-electron chi connectivity index (χ4n) is 1.78. The van der Waals surface area contributed by atoms with Gasteiger partial charge in [0.05, 0.1) is 16.7 Å². The Morgan fingerprint density at radius 3 is 2.45 bits per heavy atom. The SMILES string of the molecule is SCC(COc1cc(Cl)c(Br)cc1Cl)c1ccccc1. The van der Waals surface area contributed by atoms with Crippen LogP contribution >= 0.6 is 51.8 Å². The Kier molecular flexibility index (Phi) is 6.09. The van der Waals surface area contributed by atoms with E-state index in [1.165, 1.54) is 5.56 Å². The minimum absolute atomic E-state index is 0.207. The maximum atomic E-state index is 6.14. The van der Waals surface area contributed by atoms with Gasteiger partial charge in [-0.15, -0.1) is 0 Å². The summed E-state index contributed by atoms with van der Waals surface area (Å²) in [5, 5.41) is 1.11. The molecular weight excluding hydrogens is 379 g/mol. The van der Waals surface area contributed by atoms with Gasteiger partial charge in [0.2, 0.25) is 0 Å². The van der Waals surface area contributed by atoms with Crippen LogP contribution in [0.3, 0.4) is 0 Å². The lowest BCUT2D eigenvalue weighted by Crippen LogP contribution is -2.12. The van der Waals surface area contributed by atoms with Crippen molar-refractivity contribution in [1.82, 2.24) is 0 Å². The first-order valence-corrected chi connectivity index (χ1v) is 8.23. The van der Waals surface area contributed by atoms with Crippen molar-refractivity contribution in [3.8, 4) is 5.75 Å². The molecule has 0 aliphatic rings. The molecule has 0 aromatic heterocycles. The van der Waals surface area contributed by atoms with E-state index < -0.39 is 0 Å². The van der Waals surface area contributed by atoms with Crippen molar-refractivity contribution in [1.29, 1.82) is 0 Å². The van der Waals surface area contributed by atoms with Gasteiger partial charge in [-0.25, -0.2) is 0 Å². The third kappa shape index (κ3) is 4.08. The molecule has 0 saturated heterocycles. The van der Waals surface area contributed by atoms with Gasteiger partial charge in [-0.3, -0.25) is 0 Å². The number of thiol groups is 1. The summed E-state index contributed by atoms with van der Waals surface area (Å²) < 4.78 is 6.55. The molecule has 0 aliphatic carbocycles. The Bertz CT molecular complexity index is 578. The van der Waals surface area contributed by atoms with Gasteiger partial charge >= 0.3 is 0 Å². The fourth-order valence-corrected chi connectivity index (χ4v) is 2.95. The van der Waals surface area contributed by atoms with Crippen molar-refractivity contribution >= 4 is 51.8 Å². The maximum Gasteiger partial charge on any atom is 0.139 e. The summed E-state index contributed by atoms with van der Waals surface area (Å²) in [5.41, 5.74) is 1.20. The molecule has 1 unspecified atom stereocenters. The molecule has 0 fully saturated rings. The Morgan fingerprint density at radius 2 is 1.80 bits per heavy atom. The van der Waals surface area contributed by atoms with Crippen LogP contribution in [0.4, 0.5) is 0 Å². The van der Waals surface area contributed by atoms with Gasteiger partial charge in [-0.2, -0.15) is 12.6 Å². The van der Waals surface area contributed by atoms with E-state index >= 15 is 0 Å². The molecule has 0 aliphatic heterocycles. The third-order valence-corrected chi connectivity index (χ3v) is 4.84. The maximum absolute atomic E-state index is 6.14. The average molecular weight is 392 g/mol. The molecule has 0 amide bonds. The van der Waals surface area contributed by atoms with Gasteiger partial charge in [-0.05, 0) is 27.6 Å². The number of rotatable bonds is 5. The first-order chi connectivity index (χ1) is 9.61. The van der Waals surface area contributed by atoms with Gasteiger partial charge in [0.25, 0.3) is 0 Å². The van der Waals surface area contributed by atoms with Crippen molar-refractivity contribution in [2.45, 2.75) is 5.92 Å². The van der Waals surface area contributed by atoms with Gasteiger partial charge in [0.1, 0.15) is 5.75 Å². The summed E-state index contributed by atoms with van der Waals surface area (Å²) in [6.07, 6.45) is 0. The lowest BCUT2D eigenvalue weighted by molar-refractivity contribution is 0.298. The summed E-state index contributed by atoms with van der Waals surface area (Å²) in [5.74, 6) is 1.49. The molecule has 1 nitrogen and oxygen atoms in total. The molecule has 20 heavy (non-hydrogen) atoms.